The van der Waals surface area contributed by atoms with Gasteiger partial charge in [0.15, 0.2) is 0 Å². The van der Waals surface area contributed by atoms with E-state index in [-0.39, 0.29) is 0 Å². The van der Waals surface area contributed by atoms with Gasteiger partial charge in [-0.15, -0.1) is 0 Å². The Bertz CT molecular complexity index is 327. The number of hydrogen-bond acceptors (Lipinski definition) is 4. The largest absolute Gasteiger partial charge is 0.496 e. The molecule has 0 aliphatic heterocycles. The van der Waals surface area contributed by atoms with Crippen molar-refractivity contribution in [3.63, 3.8) is 0 Å². The van der Waals surface area contributed by atoms with E-state index in [0.717, 1.165) is 4.47 Å². The lowest BCUT2D eigenvalue weighted by atomic mass is 10.2. The Labute approximate surface area is 90.3 Å². The number of halogens is 1. The van der Waals surface area contributed by atoms with Crippen LogP contribution >= 0.6 is 15.9 Å². The number of benzene rings is 1. The first-order valence-electron chi connectivity index (χ1n) is 3.82. The number of methoxy groups -OCH3 is 2. The first-order valence-corrected chi connectivity index (χ1v) is 4.61. The van der Waals surface area contributed by atoms with Gasteiger partial charge in [-0.1, -0.05) is 21.1 Å². The number of hydrogen-bond donors (Lipinski definition) is 1. The summed E-state index contributed by atoms with van der Waals surface area (Å²) < 4.78 is 11.1. The van der Waals surface area contributed by atoms with Crippen molar-refractivity contribution in [3.05, 3.63) is 22.2 Å². The fraction of sp³-hybridized carbons (Fsp3) is 0.222. The van der Waals surface area contributed by atoms with E-state index < -0.39 is 0 Å². The summed E-state index contributed by atoms with van der Waals surface area (Å²) in [5.74, 6) is 1.16. The second-order valence-corrected chi connectivity index (χ2v) is 3.38. The monoisotopic (exact) mass is 259 g/mol. The molecule has 1 aromatic carbocycles. The molecule has 1 rings (SSSR count). The van der Waals surface area contributed by atoms with Crippen LogP contribution in [0.3, 0.4) is 0 Å². The smallest absolute Gasteiger partial charge is 0.132 e. The predicted molar refractivity (Wildman–Crippen MR) is 56.6 cm³/mol. The molecule has 0 bridgehead atoms. The van der Waals surface area contributed by atoms with Crippen LogP contribution in [-0.2, 0) is 0 Å². The summed E-state index contributed by atoms with van der Waals surface area (Å²) in [6, 6.07) is 3.53. The number of rotatable bonds is 3. The topological polar surface area (TPSA) is 51.0 Å². The summed E-state index contributed by atoms with van der Waals surface area (Å²) >= 11 is 3.31. The predicted octanol–water partition coefficient (Wildman–Crippen LogP) is 2.27. The van der Waals surface area contributed by atoms with Crippen molar-refractivity contribution in [2.45, 2.75) is 0 Å². The first-order chi connectivity index (χ1) is 6.72. The van der Waals surface area contributed by atoms with Gasteiger partial charge in [-0.05, 0) is 12.1 Å². The van der Waals surface area contributed by atoms with Crippen molar-refractivity contribution < 1.29 is 14.7 Å². The maximum atomic E-state index is 8.48. The molecule has 0 unspecified atom stereocenters. The lowest BCUT2D eigenvalue weighted by molar-refractivity contribution is 0.321. The molecule has 4 nitrogen and oxygen atoms in total. The highest BCUT2D eigenvalue weighted by atomic mass is 79.9. The van der Waals surface area contributed by atoms with Crippen LogP contribution in [0.5, 0.6) is 11.5 Å². The third-order valence-electron chi connectivity index (χ3n) is 1.70. The summed E-state index contributed by atoms with van der Waals surface area (Å²) in [4.78, 5) is 0. The fourth-order valence-corrected chi connectivity index (χ4v) is 1.51. The zero-order valence-electron chi connectivity index (χ0n) is 7.82. The van der Waals surface area contributed by atoms with Gasteiger partial charge in [-0.25, -0.2) is 0 Å². The molecular weight excluding hydrogens is 250 g/mol. The number of nitrogens with zero attached hydrogens (tertiary/aromatic N) is 1. The Kier molecular flexibility index (Phi) is 3.76. The van der Waals surface area contributed by atoms with Crippen LogP contribution < -0.4 is 9.47 Å². The lowest BCUT2D eigenvalue weighted by Crippen LogP contribution is -1.96. The van der Waals surface area contributed by atoms with E-state index in [1.807, 2.05) is 0 Å². The minimum absolute atomic E-state index is 0.578. The molecule has 5 heteroatoms. The minimum atomic E-state index is 0.578. The maximum absolute atomic E-state index is 8.48. The molecule has 0 heterocycles. The molecule has 0 radical (unpaired) electrons. The van der Waals surface area contributed by atoms with E-state index in [4.69, 9.17) is 14.7 Å². The molecule has 0 aliphatic carbocycles. The van der Waals surface area contributed by atoms with Gasteiger partial charge in [-0.2, -0.15) is 0 Å². The van der Waals surface area contributed by atoms with E-state index in [1.165, 1.54) is 20.4 Å². The summed E-state index contributed by atoms with van der Waals surface area (Å²) in [5.41, 5.74) is 0.598. The minimum Gasteiger partial charge on any atom is -0.496 e. The molecule has 0 aliphatic rings. The number of oxime groups is 1. The average Bonchev–Trinajstić information content (AvgIpc) is 2.20. The fourth-order valence-electron chi connectivity index (χ4n) is 1.09. The van der Waals surface area contributed by atoms with E-state index in [2.05, 4.69) is 21.1 Å². The third-order valence-corrected chi connectivity index (χ3v) is 2.15. The molecular formula is C9H10BrNO3. The molecule has 76 valence electrons. The van der Waals surface area contributed by atoms with Crippen LogP contribution in [0.15, 0.2) is 21.8 Å². The molecule has 0 saturated carbocycles. The Morgan fingerprint density at radius 1 is 1.29 bits per heavy atom. The second-order valence-electron chi connectivity index (χ2n) is 2.47. The average molecular weight is 260 g/mol. The van der Waals surface area contributed by atoms with Crippen molar-refractivity contribution in [2.24, 2.45) is 5.16 Å². The van der Waals surface area contributed by atoms with Crippen LogP contribution in [-0.4, -0.2) is 25.6 Å². The first kappa shape index (κ1) is 10.8. The SMILES string of the molecule is COc1cc(Br)cc(OC)c1C=NO. The highest BCUT2D eigenvalue weighted by Gasteiger charge is 2.09. The quantitative estimate of drug-likeness (QED) is 0.515. The zero-order chi connectivity index (χ0) is 10.6. The zero-order valence-corrected chi connectivity index (χ0v) is 9.41. The third kappa shape index (κ3) is 2.17. The number of ether oxygens (including phenoxy) is 2. The van der Waals surface area contributed by atoms with Crippen LogP contribution in [0.4, 0.5) is 0 Å². The normalized spacial score (nSPS) is 10.5. The van der Waals surface area contributed by atoms with Crippen molar-refractivity contribution >= 4 is 22.1 Å². The highest BCUT2D eigenvalue weighted by molar-refractivity contribution is 9.10. The van der Waals surface area contributed by atoms with Crippen molar-refractivity contribution in [1.82, 2.24) is 0 Å². The van der Waals surface area contributed by atoms with Gasteiger partial charge in [0.1, 0.15) is 11.5 Å². The Balaban J connectivity index is 3.32. The van der Waals surface area contributed by atoms with Gasteiger partial charge >= 0.3 is 0 Å². The summed E-state index contributed by atoms with van der Waals surface area (Å²) in [6.45, 7) is 0. The molecule has 0 atom stereocenters. The highest BCUT2D eigenvalue weighted by Crippen LogP contribution is 2.31. The molecule has 0 saturated heterocycles. The molecule has 14 heavy (non-hydrogen) atoms. The van der Waals surface area contributed by atoms with Crippen molar-refractivity contribution in [1.29, 1.82) is 0 Å². The second kappa shape index (κ2) is 4.85. The molecule has 0 fully saturated rings. The molecule has 1 N–H and O–H groups in total. The Morgan fingerprint density at radius 2 is 1.79 bits per heavy atom. The Morgan fingerprint density at radius 3 is 2.14 bits per heavy atom. The maximum Gasteiger partial charge on any atom is 0.132 e. The van der Waals surface area contributed by atoms with E-state index in [1.54, 1.807) is 12.1 Å². The lowest BCUT2D eigenvalue weighted by Gasteiger charge is -2.09. The Hall–Kier alpha value is -1.23. The van der Waals surface area contributed by atoms with Crippen LogP contribution in [0, 0.1) is 0 Å². The van der Waals surface area contributed by atoms with Gasteiger partial charge in [-0.3, -0.25) is 0 Å². The van der Waals surface area contributed by atoms with E-state index in [0.29, 0.717) is 17.1 Å². The standard InChI is InChI=1S/C9H10BrNO3/c1-13-8-3-6(10)4-9(14-2)7(8)5-11-12/h3-5,12H,1-2H3. The molecule has 0 amide bonds. The van der Waals surface area contributed by atoms with Crippen molar-refractivity contribution in [3.8, 4) is 11.5 Å². The molecule has 0 spiro atoms. The molecule has 0 aromatic heterocycles. The van der Waals surface area contributed by atoms with Gasteiger partial charge in [0, 0.05) is 4.47 Å². The summed E-state index contributed by atoms with van der Waals surface area (Å²) in [6.07, 6.45) is 1.27. The summed E-state index contributed by atoms with van der Waals surface area (Å²) in [5, 5.41) is 11.4. The van der Waals surface area contributed by atoms with Crippen LogP contribution in [0.25, 0.3) is 0 Å². The molecule has 1 aromatic rings. The van der Waals surface area contributed by atoms with Crippen molar-refractivity contribution in [2.75, 3.05) is 14.2 Å². The van der Waals surface area contributed by atoms with Crippen LogP contribution in [0.2, 0.25) is 0 Å². The van der Waals surface area contributed by atoms with Gasteiger partial charge in [0.2, 0.25) is 0 Å². The van der Waals surface area contributed by atoms with Crippen LogP contribution in [0.1, 0.15) is 5.56 Å². The van der Waals surface area contributed by atoms with E-state index in [9.17, 15) is 0 Å². The van der Waals surface area contributed by atoms with E-state index >= 15 is 0 Å². The van der Waals surface area contributed by atoms with Gasteiger partial charge in [0.25, 0.3) is 0 Å². The van der Waals surface area contributed by atoms with Gasteiger partial charge < -0.3 is 14.7 Å². The summed E-state index contributed by atoms with van der Waals surface area (Å²) in [7, 11) is 3.08. The van der Waals surface area contributed by atoms with Gasteiger partial charge in [0.05, 0.1) is 26.0 Å².